The van der Waals surface area contributed by atoms with E-state index in [0.717, 1.165) is 19.6 Å². The Morgan fingerprint density at radius 2 is 1.81 bits per heavy atom. The van der Waals surface area contributed by atoms with E-state index in [-0.39, 0.29) is 6.04 Å². The summed E-state index contributed by atoms with van der Waals surface area (Å²) in [5, 5.41) is 2.55. The first-order valence-corrected chi connectivity index (χ1v) is 7.78. The molecule has 0 bridgehead atoms. The van der Waals surface area contributed by atoms with E-state index in [1.807, 2.05) is 0 Å². The van der Waals surface area contributed by atoms with Crippen LogP contribution in [0.3, 0.4) is 0 Å². The van der Waals surface area contributed by atoms with Crippen LogP contribution >= 0.6 is 0 Å². The van der Waals surface area contributed by atoms with Gasteiger partial charge in [-0.3, -0.25) is 0 Å². The lowest BCUT2D eigenvalue weighted by Gasteiger charge is -2.32. The molecule has 0 saturated carbocycles. The zero-order chi connectivity index (χ0) is 14.8. The highest BCUT2D eigenvalue weighted by Gasteiger charge is 2.27. The molecule has 0 radical (unpaired) electrons. The minimum atomic E-state index is 0.0557. The molecule has 2 atom stereocenters. The highest BCUT2D eigenvalue weighted by atomic mass is 15.2. The fourth-order valence-electron chi connectivity index (χ4n) is 3.33. The van der Waals surface area contributed by atoms with E-state index >= 15 is 0 Å². The van der Waals surface area contributed by atoms with Gasteiger partial charge in [-0.2, -0.15) is 0 Å². The molecule has 2 N–H and O–H groups in total. The number of hydrogen-bond acceptors (Lipinski definition) is 3. The number of fused-ring (bicyclic) bond motifs is 1. The van der Waals surface area contributed by atoms with Gasteiger partial charge in [-0.25, -0.2) is 0 Å². The summed E-state index contributed by atoms with van der Waals surface area (Å²) in [6.45, 7) is 3.31. The van der Waals surface area contributed by atoms with Gasteiger partial charge in [0.1, 0.15) is 0 Å². The molecule has 1 fully saturated rings. The summed E-state index contributed by atoms with van der Waals surface area (Å²) in [5.41, 5.74) is 7.85. The van der Waals surface area contributed by atoms with Crippen molar-refractivity contribution in [2.45, 2.75) is 18.5 Å². The van der Waals surface area contributed by atoms with Crippen LogP contribution in [-0.2, 0) is 0 Å². The van der Waals surface area contributed by atoms with Crippen LogP contribution in [-0.4, -0.2) is 49.6 Å². The van der Waals surface area contributed by atoms with Gasteiger partial charge in [0.05, 0.1) is 0 Å². The Morgan fingerprint density at radius 1 is 1.05 bits per heavy atom. The van der Waals surface area contributed by atoms with Crippen LogP contribution < -0.4 is 5.73 Å². The molecule has 2 aromatic carbocycles. The first-order valence-electron chi connectivity index (χ1n) is 7.78. The van der Waals surface area contributed by atoms with Crippen molar-refractivity contribution in [2.75, 3.05) is 33.7 Å². The lowest BCUT2D eigenvalue weighted by atomic mass is 9.96. The Kier molecular flexibility index (Phi) is 4.24. The van der Waals surface area contributed by atoms with Gasteiger partial charge >= 0.3 is 0 Å². The van der Waals surface area contributed by atoms with E-state index in [2.05, 4.69) is 66.4 Å². The Morgan fingerprint density at radius 3 is 2.62 bits per heavy atom. The van der Waals surface area contributed by atoms with Crippen LogP contribution in [0.25, 0.3) is 10.8 Å². The fraction of sp³-hybridized carbons (Fsp3) is 0.444. The molecule has 1 aliphatic rings. The largest absolute Gasteiger partial charge is 0.323 e. The molecule has 0 amide bonds. The van der Waals surface area contributed by atoms with Crippen molar-refractivity contribution in [1.29, 1.82) is 0 Å². The molecule has 3 rings (SSSR count). The lowest BCUT2D eigenvalue weighted by molar-refractivity contribution is 0.196. The molecule has 1 heterocycles. The first kappa shape index (κ1) is 14.5. The Bertz CT molecular complexity index is 610. The van der Waals surface area contributed by atoms with E-state index in [4.69, 9.17) is 5.73 Å². The SMILES string of the molecule is CN1CCCN(C)C(C(N)c2ccc3ccccc3c2)C1. The summed E-state index contributed by atoms with van der Waals surface area (Å²) in [6, 6.07) is 15.5. The van der Waals surface area contributed by atoms with E-state index in [1.54, 1.807) is 0 Å². The van der Waals surface area contributed by atoms with Gasteiger partial charge in [-0.05, 0) is 56.0 Å². The second-order valence-electron chi connectivity index (χ2n) is 6.30. The maximum atomic E-state index is 6.61. The molecule has 1 saturated heterocycles. The molecule has 0 spiro atoms. The number of benzene rings is 2. The molecule has 2 aromatic rings. The van der Waals surface area contributed by atoms with Crippen molar-refractivity contribution >= 4 is 10.8 Å². The minimum Gasteiger partial charge on any atom is -0.323 e. The molecule has 2 unspecified atom stereocenters. The smallest absolute Gasteiger partial charge is 0.0465 e. The minimum absolute atomic E-state index is 0.0557. The number of hydrogen-bond donors (Lipinski definition) is 1. The summed E-state index contributed by atoms with van der Waals surface area (Å²) in [6.07, 6.45) is 1.22. The predicted molar refractivity (Wildman–Crippen MR) is 89.4 cm³/mol. The summed E-state index contributed by atoms with van der Waals surface area (Å²) < 4.78 is 0. The van der Waals surface area contributed by atoms with Gasteiger partial charge in [-0.15, -0.1) is 0 Å². The van der Waals surface area contributed by atoms with Crippen molar-refractivity contribution < 1.29 is 0 Å². The third kappa shape index (κ3) is 3.10. The number of nitrogens with two attached hydrogens (primary N) is 1. The monoisotopic (exact) mass is 283 g/mol. The Hall–Kier alpha value is -1.42. The van der Waals surface area contributed by atoms with Crippen LogP contribution in [0.4, 0.5) is 0 Å². The zero-order valence-electron chi connectivity index (χ0n) is 13.0. The zero-order valence-corrected chi connectivity index (χ0v) is 13.0. The van der Waals surface area contributed by atoms with Crippen LogP contribution in [0.5, 0.6) is 0 Å². The van der Waals surface area contributed by atoms with Gasteiger partial charge in [0, 0.05) is 18.6 Å². The normalized spacial score (nSPS) is 23.1. The van der Waals surface area contributed by atoms with Crippen molar-refractivity contribution in [3.63, 3.8) is 0 Å². The molecule has 21 heavy (non-hydrogen) atoms. The van der Waals surface area contributed by atoms with Gasteiger partial charge in [0.15, 0.2) is 0 Å². The average Bonchev–Trinajstić information content (AvgIpc) is 2.67. The summed E-state index contributed by atoms with van der Waals surface area (Å²) >= 11 is 0. The molecule has 0 aliphatic carbocycles. The van der Waals surface area contributed by atoms with Gasteiger partial charge in [-0.1, -0.05) is 36.4 Å². The molecule has 1 aliphatic heterocycles. The van der Waals surface area contributed by atoms with Crippen LogP contribution in [0.1, 0.15) is 18.0 Å². The van der Waals surface area contributed by atoms with E-state index in [0.29, 0.717) is 6.04 Å². The third-order valence-electron chi connectivity index (χ3n) is 4.69. The molecular weight excluding hydrogens is 258 g/mol. The summed E-state index contributed by atoms with van der Waals surface area (Å²) in [7, 11) is 4.39. The molecule has 0 aromatic heterocycles. The van der Waals surface area contributed by atoms with Crippen LogP contribution in [0, 0.1) is 0 Å². The van der Waals surface area contributed by atoms with Crippen molar-refractivity contribution in [2.24, 2.45) is 5.73 Å². The topological polar surface area (TPSA) is 32.5 Å². The van der Waals surface area contributed by atoms with E-state index in [1.165, 1.54) is 22.8 Å². The number of rotatable bonds is 2. The maximum absolute atomic E-state index is 6.61. The standard InChI is InChI=1S/C18H25N3/c1-20-10-5-11-21(2)17(13-20)18(19)16-9-8-14-6-3-4-7-15(14)12-16/h3-4,6-9,12,17-18H,5,10-11,13,19H2,1-2H3. The average molecular weight is 283 g/mol. The van der Waals surface area contributed by atoms with Crippen molar-refractivity contribution in [1.82, 2.24) is 9.80 Å². The number of nitrogens with zero attached hydrogens (tertiary/aromatic N) is 2. The van der Waals surface area contributed by atoms with E-state index < -0.39 is 0 Å². The molecule has 3 heteroatoms. The summed E-state index contributed by atoms with van der Waals surface area (Å²) in [4.78, 5) is 4.82. The predicted octanol–water partition coefficient (Wildman–Crippen LogP) is 2.48. The van der Waals surface area contributed by atoms with Crippen molar-refractivity contribution in [3.8, 4) is 0 Å². The Balaban J connectivity index is 1.89. The highest BCUT2D eigenvalue weighted by molar-refractivity contribution is 5.83. The van der Waals surface area contributed by atoms with Gasteiger partial charge in [0.2, 0.25) is 0 Å². The first-order chi connectivity index (χ1) is 10.1. The van der Waals surface area contributed by atoms with Gasteiger partial charge < -0.3 is 15.5 Å². The highest BCUT2D eigenvalue weighted by Crippen LogP contribution is 2.24. The molecule has 3 nitrogen and oxygen atoms in total. The lowest BCUT2D eigenvalue weighted by Crippen LogP contribution is -2.45. The quantitative estimate of drug-likeness (QED) is 0.919. The number of likely N-dealkylation sites (N-methyl/N-ethyl adjacent to an activating group) is 2. The second kappa shape index (κ2) is 6.14. The van der Waals surface area contributed by atoms with E-state index in [9.17, 15) is 0 Å². The van der Waals surface area contributed by atoms with Crippen LogP contribution in [0.15, 0.2) is 42.5 Å². The third-order valence-corrected chi connectivity index (χ3v) is 4.69. The Labute approximate surface area is 127 Å². The second-order valence-corrected chi connectivity index (χ2v) is 6.30. The van der Waals surface area contributed by atoms with Crippen LogP contribution in [0.2, 0.25) is 0 Å². The maximum Gasteiger partial charge on any atom is 0.0465 e. The fourth-order valence-corrected chi connectivity index (χ4v) is 3.33. The van der Waals surface area contributed by atoms with Crippen molar-refractivity contribution in [3.05, 3.63) is 48.0 Å². The van der Waals surface area contributed by atoms with Gasteiger partial charge in [0.25, 0.3) is 0 Å². The summed E-state index contributed by atoms with van der Waals surface area (Å²) in [5.74, 6) is 0. The molecule has 112 valence electrons. The molecular formula is C18H25N3.